The Morgan fingerprint density at radius 2 is 1.48 bits per heavy atom. The van der Waals surface area contributed by atoms with Crippen LogP contribution >= 0.6 is 0 Å². The number of benzene rings is 1. The third kappa shape index (κ3) is 8.28. The van der Waals surface area contributed by atoms with Crippen LogP contribution in [0.4, 0.5) is 5.69 Å². The van der Waals surface area contributed by atoms with E-state index < -0.39 is 0 Å². The fourth-order valence-corrected chi connectivity index (χ4v) is 4.71. The van der Waals surface area contributed by atoms with Crippen molar-refractivity contribution < 1.29 is 0 Å². The van der Waals surface area contributed by atoms with Crippen LogP contribution in [0, 0.1) is 12.8 Å². The van der Waals surface area contributed by atoms with Gasteiger partial charge in [0.05, 0.1) is 0 Å². The molecule has 2 rings (SSSR count). The molecule has 27 heavy (non-hydrogen) atoms. The average molecular weight is 372 g/mol. The predicted octanol–water partition coefficient (Wildman–Crippen LogP) is 8.62. The zero-order valence-electron chi connectivity index (χ0n) is 18.5. The highest BCUT2D eigenvalue weighted by Crippen LogP contribution is 2.38. The number of unbranched alkanes of at least 4 members (excludes halogenated alkanes) is 7. The summed E-state index contributed by atoms with van der Waals surface area (Å²) in [5.41, 5.74) is 4.34. The van der Waals surface area contributed by atoms with E-state index in [4.69, 9.17) is 0 Å². The van der Waals surface area contributed by atoms with E-state index in [1.54, 1.807) is 5.56 Å². The number of hydrogen-bond donors (Lipinski definition) is 1. The fourth-order valence-electron chi connectivity index (χ4n) is 4.71. The first-order valence-electron chi connectivity index (χ1n) is 12.1. The number of hydrogen-bond acceptors (Lipinski definition) is 1. The number of aryl methyl sites for hydroxylation is 1. The van der Waals surface area contributed by atoms with Crippen LogP contribution in [0.1, 0.15) is 121 Å². The maximum Gasteiger partial charge on any atom is 0.0370 e. The summed E-state index contributed by atoms with van der Waals surface area (Å²) in [4.78, 5) is 0. The van der Waals surface area contributed by atoms with Crippen LogP contribution in [0.2, 0.25) is 0 Å². The molecule has 0 spiro atoms. The van der Waals surface area contributed by atoms with Gasteiger partial charge in [-0.3, -0.25) is 0 Å². The molecule has 1 N–H and O–H groups in total. The summed E-state index contributed by atoms with van der Waals surface area (Å²) in [7, 11) is 0. The van der Waals surface area contributed by atoms with Crippen molar-refractivity contribution in [3.05, 3.63) is 29.3 Å². The molecule has 0 unspecified atom stereocenters. The van der Waals surface area contributed by atoms with E-state index in [0.29, 0.717) is 0 Å². The van der Waals surface area contributed by atoms with Crippen LogP contribution in [-0.2, 0) is 0 Å². The third-order valence-corrected chi connectivity index (χ3v) is 6.63. The summed E-state index contributed by atoms with van der Waals surface area (Å²) in [6, 6.07) is 7.17. The van der Waals surface area contributed by atoms with Crippen LogP contribution in [-0.4, -0.2) is 6.54 Å². The predicted molar refractivity (Wildman–Crippen MR) is 122 cm³/mol. The highest BCUT2D eigenvalue weighted by Gasteiger charge is 2.22. The normalized spacial score (nSPS) is 20.0. The summed E-state index contributed by atoms with van der Waals surface area (Å²) >= 11 is 0. The molecule has 0 radical (unpaired) electrons. The van der Waals surface area contributed by atoms with E-state index in [9.17, 15) is 0 Å². The largest absolute Gasteiger partial charge is 0.385 e. The maximum absolute atomic E-state index is 3.60. The summed E-state index contributed by atoms with van der Waals surface area (Å²) in [6.07, 6.45) is 19.8. The molecule has 0 amide bonds. The topological polar surface area (TPSA) is 12.0 Å². The monoisotopic (exact) mass is 371 g/mol. The molecule has 1 saturated carbocycles. The van der Waals surface area contributed by atoms with Gasteiger partial charge in [0.15, 0.2) is 0 Å². The van der Waals surface area contributed by atoms with Crippen molar-refractivity contribution in [3.63, 3.8) is 0 Å². The molecule has 1 heteroatoms. The first kappa shape index (κ1) is 22.3. The Morgan fingerprint density at radius 3 is 2.15 bits per heavy atom. The second kappa shape index (κ2) is 13.2. The van der Waals surface area contributed by atoms with Gasteiger partial charge >= 0.3 is 0 Å². The minimum absolute atomic E-state index is 0.804. The molecule has 154 valence electrons. The van der Waals surface area contributed by atoms with Crippen LogP contribution in [0.3, 0.4) is 0 Å². The van der Waals surface area contributed by atoms with Gasteiger partial charge < -0.3 is 5.32 Å². The highest BCUT2D eigenvalue weighted by atomic mass is 14.9. The summed E-state index contributed by atoms with van der Waals surface area (Å²) in [5.74, 6) is 1.81. The van der Waals surface area contributed by atoms with E-state index in [0.717, 1.165) is 18.4 Å². The minimum atomic E-state index is 0.804. The lowest BCUT2D eigenvalue weighted by Gasteiger charge is -2.29. The van der Waals surface area contributed by atoms with Crippen molar-refractivity contribution in [3.8, 4) is 0 Å². The van der Waals surface area contributed by atoms with Crippen LogP contribution < -0.4 is 5.32 Å². The summed E-state index contributed by atoms with van der Waals surface area (Å²) in [6.45, 7) is 7.92. The van der Waals surface area contributed by atoms with Gasteiger partial charge in [-0.2, -0.15) is 0 Å². The Labute approximate surface area is 169 Å². The van der Waals surface area contributed by atoms with Gasteiger partial charge in [0.25, 0.3) is 0 Å². The smallest absolute Gasteiger partial charge is 0.0370 e. The van der Waals surface area contributed by atoms with Crippen molar-refractivity contribution in [2.24, 2.45) is 5.92 Å². The van der Waals surface area contributed by atoms with Crippen molar-refractivity contribution in [2.75, 3.05) is 11.9 Å². The second-order valence-corrected chi connectivity index (χ2v) is 8.98. The van der Waals surface area contributed by atoms with Gasteiger partial charge in [0.2, 0.25) is 0 Å². The lowest BCUT2D eigenvalue weighted by atomic mass is 9.76. The first-order valence-corrected chi connectivity index (χ1v) is 12.1. The molecule has 0 bridgehead atoms. The molecular formula is C26H45N. The second-order valence-electron chi connectivity index (χ2n) is 8.98. The van der Waals surface area contributed by atoms with E-state index in [-0.39, 0.29) is 0 Å². The highest BCUT2D eigenvalue weighted by molar-refractivity contribution is 5.52. The zero-order chi connectivity index (χ0) is 19.3. The van der Waals surface area contributed by atoms with Crippen LogP contribution in [0.5, 0.6) is 0 Å². The molecule has 0 atom stereocenters. The SMILES string of the molecule is CCCCCCCCCC1CCC(c2ccc(NCCCC)c(C)c2)CC1. The van der Waals surface area contributed by atoms with E-state index in [2.05, 4.69) is 44.3 Å². The molecule has 1 nitrogen and oxygen atoms in total. The van der Waals surface area contributed by atoms with Gasteiger partial charge in [0, 0.05) is 12.2 Å². The van der Waals surface area contributed by atoms with Crippen LogP contribution in [0.15, 0.2) is 18.2 Å². The van der Waals surface area contributed by atoms with Gasteiger partial charge in [-0.05, 0) is 68.1 Å². The summed E-state index contributed by atoms with van der Waals surface area (Å²) in [5, 5.41) is 3.60. The Morgan fingerprint density at radius 1 is 0.815 bits per heavy atom. The molecule has 0 aromatic heterocycles. The lowest BCUT2D eigenvalue weighted by molar-refractivity contribution is 0.301. The molecule has 0 aliphatic heterocycles. The molecule has 0 saturated heterocycles. The Bertz CT molecular complexity index is 499. The molecule has 1 fully saturated rings. The average Bonchev–Trinajstić information content (AvgIpc) is 2.69. The number of rotatable bonds is 13. The third-order valence-electron chi connectivity index (χ3n) is 6.63. The van der Waals surface area contributed by atoms with Crippen molar-refractivity contribution in [1.29, 1.82) is 0 Å². The van der Waals surface area contributed by atoms with Crippen molar-refractivity contribution >= 4 is 5.69 Å². The van der Waals surface area contributed by atoms with Gasteiger partial charge in [-0.15, -0.1) is 0 Å². The fraction of sp³-hybridized carbons (Fsp3) is 0.769. The first-order chi connectivity index (χ1) is 13.2. The van der Waals surface area contributed by atoms with E-state index in [1.807, 2.05) is 0 Å². The van der Waals surface area contributed by atoms with Gasteiger partial charge in [0.1, 0.15) is 0 Å². The van der Waals surface area contributed by atoms with Gasteiger partial charge in [-0.25, -0.2) is 0 Å². The Hall–Kier alpha value is -0.980. The van der Waals surface area contributed by atoms with Gasteiger partial charge in [-0.1, -0.05) is 83.8 Å². The molecule has 1 aromatic rings. The van der Waals surface area contributed by atoms with Crippen molar-refractivity contribution in [1.82, 2.24) is 0 Å². The maximum atomic E-state index is 3.60. The standard InChI is InChI=1S/C26H45N/c1-4-6-8-9-10-11-12-13-23-14-16-24(17-15-23)25-18-19-26(22(3)21-25)27-20-7-5-2/h18-19,21,23-24,27H,4-17,20H2,1-3H3. The molecular weight excluding hydrogens is 326 g/mol. The van der Waals surface area contributed by atoms with Crippen molar-refractivity contribution in [2.45, 2.75) is 117 Å². The Kier molecular flexibility index (Phi) is 10.9. The lowest BCUT2D eigenvalue weighted by Crippen LogP contribution is -2.13. The minimum Gasteiger partial charge on any atom is -0.385 e. The van der Waals surface area contributed by atoms with E-state index >= 15 is 0 Å². The quantitative estimate of drug-likeness (QED) is 0.342. The number of nitrogens with one attached hydrogen (secondary N) is 1. The van der Waals surface area contributed by atoms with E-state index in [1.165, 1.54) is 101 Å². The summed E-state index contributed by atoms with van der Waals surface area (Å²) < 4.78 is 0. The number of anilines is 1. The molecule has 0 heterocycles. The molecule has 1 aliphatic carbocycles. The van der Waals surface area contributed by atoms with Crippen LogP contribution in [0.25, 0.3) is 0 Å². The zero-order valence-corrected chi connectivity index (χ0v) is 18.5. The molecule has 1 aliphatic rings. The molecule has 1 aromatic carbocycles. The Balaban J connectivity index is 1.65.